The van der Waals surface area contributed by atoms with Gasteiger partial charge in [0.25, 0.3) is 5.91 Å². The largest absolute Gasteiger partial charge is 0.330 e. The van der Waals surface area contributed by atoms with Crippen LogP contribution in [0.4, 0.5) is 0 Å². The quantitative estimate of drug-likeness (QED) is 0.853. The highest BCUT2D eigenvalue weighted by Gasteiger charge is 2.33. The zero-order chi connectivity index (χ0) is 14.8. The fraction of sp³-hybridized carbons (Fsp3) is 0.312. The third-order valence-corrected chi connectivity index (χ3v) is 3.98. The molecule has 3 rings (SSSR count). The number of halogens is 1. The van der Waals surface area contributed by atoms with Gasteiger partial charge in [-0.3, -0.25) is 9.78 Å². The number of rotatable bonds is 4. The minimum Gasteiger partial charge on any atom is -0.330 e. The van der Waals surface area contributed by atoms with Gasteiger partial charge < -0.3 is 4.90 Å². The lowest BCUT2D eigenvalue weighted by Crippen LogP contribution is -2.33. The zero-order valence-corrected chi connectivity index (χ0v) is 13.4. The summed E-state index contributed by atoms with van der Waals surface area (Å²) in [5.41, 5.74) is 2.35. The van der Waals surface area contributed by atoms with Crippen molar-refractivity contribution in [2.75, 3.05) is 0 Å². The molecule has 21 heavy (non-hydrogen) atoms. The number of amides is 1. The molecule has 108 valence electrons. The van der Waals surface area contributed by atoms with Crippen molar-refractivity contribution < 1.29 is 4.79 Å². The van der Waals surface area contributed by atoms with Crippen LogP contribution < -0.4 is 0 Å². The van der Waals surface area contributed by atoms with Crippen LogP contribution in [0.25, 0.3) is 0 Å². The molecule has 1 aliphatic carbocycles. The first-order chi connectivity index (χ1) is 10.1. The van der Waals surface area contributed by atoms with E-state index in [4.69, 9.17) is 0 Å². The van der Waals surface area contributed by atoms with Gasteiger partial charge in [0.1, 0.15) is 5.69 Å². The third-order valence-electron chi connectivity index (χ3n) is 3.49. The van der Waals surface area contributed by atoms with E-state index in [0.29, 0.717) is 18.3 Å². The number of nitrogens with zero attached hydrogens (tertiary/aromatic N) is 3. The second kappa shape index (κ2) is 5.93. The Morgan fingerprint density at radius 1 is 1.33 bits per heavy atom. The molecule has 0 bridgehead atoms. The summed E-state index contributed by atoms with van der Waals surface area (Å²) < 4.78 is 1.03. The Morgan fingerprint density at radius 3 is 2.76 bits per heavy atom. The van der Waals surface area contributed by atoms with Crippen LogP contribution in [0.15, 0.2) is 41.1 Å². The molecule has 0 saturated heterocycles. The molecule has 0 N–H and O–H groups in total. The summed E-state index contributed by atoms with van der Waals surface area (Å²) in [6, 6.07) is 8.39. The lowest BCUT2D eigenvalue weighted by atomic mass is 10.2. The number of aromatic nitrogens is 2. The minimum absolute atomic E-state index is 0.0371. The standard InChI is InChI=1S/C16H16BrN3O/c1-11-8-19-15(9-18-11)16(21)20(14-5-6-14)10-12-3-2-4-13(17)7-12/h2-4,7-9,14H,5-6,10H2,1H3. The number of hydrogen-bond donors (Lipinski definition) is 0. The molecule has 0 radical (unpaired) electrons. The van der Waals surface area contributed by atoms with Crippen LogP contribution >= 0.6 is 15.9 Å². The molecule has 1 fully saturated rings. The summed E-state index contributed by atoms with van der Waals surface area (Å²) in [6.07, 6.45) is 5.34. The van der Waals surface area contributed by atoms with E-state index in [1.165, 1.54) is 0 Å². The monoisotopic (exact) mass is 345 g/mol. The van der Waals surface area contributed by atoms with E-state index < -0.39 is 0 Å². The number of benzene rings is 1. The average molecular weight is 346 g/mol. The Kier molecular flexibility index (Phi) is 4.01. The highest BCUT2D eigenvalue weighted by Crippen LogP contribution is 2.29. The molecule has 1 heterocycles. The van der Waals surface area contributed by atoms with E-state index in [1.807, 2.05) is 36.1 Å². The van der Waals surface area contributed by atoms with Crippen molar-refractivity contribution in [1.82, 2.24) is 14.9 Å². The molecule has 4 nitrogen and oxygen atoms in total. The maximum atomic E-state index is 12.6. The average Bonchev–Trinajstić information content (AvgIpc) is 3.29. The summed E-state index contributed by atoms with van der Waals surface area (Å²) in [7, 11) is 0. The highest BCUT2D eigenvalue weighted by molar-refractivity contribution is 9.10. The Labute approximate surface area is 132 Å². The van der Waals surface area contributed by atoms with E-state index >= 15 is 0 Å². The third kappa shape index (κ3) is 3.47. The first-order valence-electron chi connectivity index (χ1n) is 6.97. The van der Waals surface area contributed by atoms with Crippen LogP contribution in [-0.4, -0.2) is 26.8 Å². The van der Waals surface area contributed by atoms with Gasteiger partial charge >= 0.3 is 0 Å². The van der Waals surface area contributed by atoms with Crippen molar-refractivity contribution in [3.05, 3.63) is 58.1 Å². The number of carbonyl (C=O) groups is 1. The van der Waals surface area contributed by atoms with E-state index in [2.05, 4.69) is 25.9 Å². The second-order valence-electron chi connectivity index (χ2n) is 5.34. The van der Waals surface area contributed by atoms with Crippen molar-refractivity contribution in [1.29, 1.82) is 0 Å². The van der Waals surface area contributed by atoms with Gasteiger partial charge in [-0.15, -0.1) is 0 Å². The maximum absolute atomic E-state index is 12.6. The maximum Gasteiger partial charge on any atom is 0.274 e. The Balaban J connectivity index is 1.81. The van der Waals surface area contributed by atoms with Crippen LogP contribution in [0.5, 0.6) is 0 Å². The molecule has 1 amide bonds. The molecule has 1 aliphatic rings. The second-order valence-corrected chi connectivity index (χ2v) is 6.25. The Hall–Kier alpha value is -1.75. The first kappa shape index (κ1) is 14.2. The number of hydrogen-bond acceptors (Lipinski definition) is 3. The van der Waals surface area contributed by atoms with Crippen LogP contribution in [0.1, 0.15) is 34.6 Å². The number of carbonyl (C=O) groups excluding carboxylic acids is 1. The molecular formula is C16H16BrN3O. The van der Waals surface area contributed by atoms with E-state index in [9.17, 15) is 4.79 Å². The Morgan fingerprint density at radius 2 is 2.14 bits per heavy atom. The summed E-state index contributed by atoms with van der Waals surface area (Å²) in [4.78, 5) is 22.9. The molecular weight excluding hydrogens is 330 g/mol. The molecule has 0 atom stereocenters. The fourth-order valence-electron chi connectivity index (χ4n) is 2.24. The van der Waals surface area contributed by atoms with Crippen LogP contribution in [0.2, 0.25) is 0 Å². The summed E-state index contributed by atoms with van der Waals surface area (Å²) in [6.45, 7) is 2.47. The Bertz CT molecular complexity index is 653. The summed E-state index contributed by atoms with van der Waals surface area (Å²) >= 11 is 3.47. The predicted octanol–water partition coefficient (Wildman–Crippen LogP) is 3.35. The normalized spacial score (nSPS) is 14.0. The fourth-order valence-corrected chi connectivity index (χ4v) is 2.68. The van der Waals surface area contributed by atoms with Gasteiger partial charge in [-0.25, -0.2) is 4.98 Å². The van der Waals surface area contributed by atoms with Crippen molar-refractivity contribution in [3.8, 4) is 0 Å². The summed E-state index contributed by atoms with van der Waals surface area (Å²) in [5.74, 6) is -0.0371. The van der Waals surface area contributed by atoms with Crippen molar-refractivity contribution in [3.63, 3.8) is 0 Å². The molecule has 0 unspecified atom stereocenters. The molecule has 0 aliphatic heterocycles. The first-order valence-corrected chi connectivity index (χ1v) is 7.77. The highest BCUT2D eigenvalue weighted by atomic mass is 79.9. The molecule has 1 aromatic carbocycles. The zero-order valence-electron chi connectivity index (χ0n) is 11.8. The van der Waals surface area contributed by atoms with Gasteiger partial charge in [-0.1, -0.05) is 28.1 Å². The van der Waals surface area contributed by atoms with Crippen LogP contribution in [0, 0.1) is 6.92 Å². The van der Waals surface area contributed by atoms with Gasteiger partial charge in [0.2, 0.25) is 0 Å². The smallest absolute Gasteiger partial charge is 0.274 e. The SMILES string of the molecule is Cc1cnc(C(=O)N(Cc2cccc(Br)c2)C2CC2)cn1. The van der Waals surface area contributed by atoms with Gasteiger partial charge in [-0.05, 0) is 37.5 Å². The van der Waals surface area contributed by atoms with E-state index in [-0.39, 0.29) is 5.91 Å². The van der Waals surface area contributed by atoms with Crippen LogP contribution in [-0.2, 0) is 6.54 Å². The lowest BCUT2D eigenvalue weighted by Gasteiger charge is -2.22. The summed E-state index contributed by atoms with van der Waals surface area (Å²) in [5, 5.41) is 0. The van der Waals surface area contributed by atoms with Crippen molar-refractivity contribution in [2.45, 2.75) is 32.4 Å². The molecule has 1 saturated carbocycles. The topological polar surface area (TPSA) is 46.1 Å². The molecule has 2 aromatic rings. The number of aryl methyl sites for hydroxylation is 1. The van der Waals surface area contributed by atoms with Crippen molar-refractivity contribution >= 4 is 21.8 Å². The van der Waals surface area contributed by atoms with Gasteiger partial charge in [0.05, 0.1) is 11.9 Å². The minimum atomic E-state index is -0.0371. The molecule has 5 heteroatoms. The molecule has 0 spiro atoms. The van der Waals surface area contributed by atoms with Crippen molar-refractivity contribution in [2.24, 2.45) is 0 Å². The van der Waals surface area contributed by atoms with Gasteiger partial charge in [0, 0.05) is 23.3 Å². The van der Waals surface area contributed by atoms with E-state index in [0.717, 1.165) is 28.6 Å². The van der Waals surface area contributed by atoms with Gasteiger partial charge in [-0.2, -0.15) is 0 Å². The lowest BCUT2D eigenvalue weighted by molar-refractivity contribution is 0.0723. The predicted molar refractivity (Wildman–Crippen MR) is 83.8 cm³/mol. The van der Waals surface area contributed by atoms with Gasteiger partial charge in [0.15, 0.2) is 0 Å². The van der Waals surface area contributed by atoms with E-state index in [1.54, 1.807) is 12.4 Å². The van der Waals surface area contributed by atoms with Crippen LogP contribution in [0.3, 0.4) is 0 Å². The molecule has 1 aromatic heterocycles.